The van der Waals surface area contributed by atoms with Crippen molar-refractivity contribution in [3.8, 4) is 11.5 Å². The third-order valence-corrected chi connectivity index (χ3v) is 3.26. The molecule has 1 amide bonds. The van der Waals surface area contributed by atoms with Gasteiger partial charge in [-0.3, -0.25) is 4.79 Å². The Morgan fingerprint density at radius 1 is 1.53 bits per heavy atom. The van der Waals surface area contributed by atoms with Crippen LogP contribution >= 0.6 is 0 Å². The van der Waals surface area contributed by atoms with Crippen molar-refractivity contribution in [2.24, 2.45) is 0 Å². The molecule has 4 heteroatoms. The molecule has 92 valence electrons. The summed E-state index contributed by atoms with van der Waals surface area (Å²) in [5.74, 6) is 0.146. The van der Waals surface area contributed by atoms with E-state index in [4.69, 9.17) is 4.74 Å². The molecule has 0 aliphatic carbocycles. The van der Waals surface area contributed by atoms with Crippen LogP contribution in [0.25, 0.3) is 0 Å². The molecule has 1 aliphatic rings. The summed E-state index contributed by atoms with van der Waals surface area (Å²) in [4.78, 5) is 14.1. The molecule has 1 atom stereocenters. The molecule has 1 aliphatic heterocycles. The molecule has 0 aromatic heterocycles. The third-order valence-electron chi connectivity index (χ3n) is 3.26. The van der Waals surface area contributed by atoms with Crippen LogP contribution in [0.2, 0.25) is 0 Å². The standard InChI is InChI=1S/C13H17NO3/c1-9-5-4-8-14(9)13(16)10-6-3-7-11(17-2)12(10)15/h3,6-7,9,15H,4-5,8H2,1-2H3. The van der Waals surface area contributed by atoms with Crippen LogP contribution in [-0.2, 0) is 0 Å². The number of phenols is 1. The molecule has 0 bridgehead atoms. The average Bonchev–Trinajstić information content (AvgIpc) is 2.75. The summed E-state index contributed by atoms with van der Waals surface area (Å²) in [7, 11) is 1.47. The average molecular weight is 235 g/mol. The van der Waals surface area contributed by atoms with E-state index in [0.29, 0.717) is 11.3 Å². The Morgan fingerprint density at radius 2 is 2.29 bits per heavy atom. The highest BCUT2D eigenvalue weighted by atomic mass is 16.5. The van der Waals surface area contributed by atoms with Crippen LogP contribution in [0.5, 0.6) is 11.5 Å². The maximum absolute atomic E-state index is 12.3. The van der Waals surface area contributed by atoms with Crippen LogP contribution < -0.4 is 4.74 Å². The number of hydrogen-bond donors (Lipinski definition) is 1. The minimum atomic E-state index is -0.119. The summed E-state index contributed by atoms with van der Waals surface area (Å²) in [6.45, 7) is 2.79. The summed E-state index contributed by atoms with van der Waals surface area (Å²) in [6.07, 6.45) is 2.05. The summed E-state index contributed by atoms with van der Waals surface area (Å²) in [5.41, 5.74) is 0.318. The number of aromatic hydroxyl groups is 1. The Balaban J connectivity index is 2.30. The quantitative estimate of drug-likeness (QED) is 0.853. The lowest BCUT2D eigenvalue weighted by atomic mass is 10.1. The number of ether oxygens (including phenoxy) is 1. The van der Waals surface area contributed by atoms with E-state index in [0.717, 1.165) is 19.4 Å². The van der Waals surface area contributed by atoms with Gasteiger partial charge in [0.15, 0.2) is 11.5 Å². The fourth-order valence-corrected chi connectivity index (χ4v) is 2.25. The van der Waals surface area contributed by atoms with Crippen LogP contribution in [0.3, 0.4) is 0 Å². The molecule has 1 heterocycles. The van der Waals surface area contributed by atoms with E-state index in [-0.39, 0.29) is 17.7 Å². The predicted octanol–water partition coefficient (Wildman–Crippen LogP) is 2.03. The van der Waals surface area contributed by atoms with E-state index in [1.807, 2.05) is 6.92 Å². The van der Waals surface area contributed by atoms with Crippen LogP contribution in [0, 0.1) is 0 Å². The van der Waals surface area contributed by atoms with Crippen LogP contribution in [-0.4, -0.2) is 35.6 Å². The summed E-state index contributed by atoms with van der Waals surface area (Å²) >= 11 is 0. The molecule has 1 unspecified atom stereocenters. The number of carbonyl (C=O) groups excluding carboxylic acids is 1. The van der Waals surface area contributed by atoms with Gasteiger partial charge in [-0.25, -0.2) is 0 Å². The second-order valence-corrected chi connectivity index (χ2v) is 4.35. The largest absolute Gasteiger partial charge is 0.504 e. The van der Waals surface area contributed by atoms with Crippen molar-refractivity contribution in [1.82, 2.24) is 4.90 Å². The van der Waals surface area contributed by atoms with Gasteiger partial charge in [-0.05, 0) is 31.9 Å². The first kappa shape index (κ1) is 11.8. The number of benzene rings is 1. The minimum absolute atomic E-state index is 0.0703. The normalized spacial score (nSPS) is 19.4. The molecule has 1 aromatic carbocycles. The van der Waals surface area contributed by atoms with E-state index >= 15 is 0 Å². The first-order valence-electron chi connectivity index (χ1n) is 5.82. The number of phenolic OH excluding ortho intramolecular Hbond substituents is 1. The highest BCUT2D eigenvalue weighted by Crippen LogP contribution is 2.31. The second kappa shape index (κ2) is 4.65. The summed E-state index contributed by atoms with van der Waals surface area (Å²) in [6, 6.07) is 5.23. The monoisotopic (exact) mass is 235 g/mol. The Morgan fingerprint density at radius 3 is 2.88 bits per heavy atom. The van der Waals surface area contributed by atoms with Gasteiger partial charge in [0.2, 0.25) is 0 Å². The van der Waals surface area contributed by atoms with Crippen LogP contribution in [0.1, 0.15) is 30.1 Å². The van der Waals surface area contributed by atoms with E-state index in [2.05, 4.69) is 0 Å². The predicted molar refractivity (Wildman–Crippen MR) is 64.4 cm³/mol. The Kier molecular flexibility index (Phi) is 3.22. The van der Waals surface area contributed by atoms with Crippen molar-refractivity contribution < 1.29 is 14.6 Å². The Bertz CT molecular complexity index is 431. The molecular weight excluding hydrogens is 218 g/mol. The van der Waals surface area contributed by atoms with Gasteiger partial charge in [-0.2, -0.15) is 0 Å². The number of hydrogen-bond acceptors (Lipinski definition) is 3. The molecule has 1 aromatic rings. The van der Waals surface area contributed by atoms with Crippen molar-refractivity contribution in [2.75, 3.05) is 13.7 Å². The van der Waals surface area contributed by atoms with E-state index in [9.17, 15) is 9.90 Å². The number of amides is 1. The van der Waals surface area contributed by atoms with Gasteiger partial charge in [0.1, 0.15) is 0 Å². The summed E-state index contributed by atoms with van der Waals surface area (Å²) < 4.78 is 5.00. The third kappa shape index (κ3) is 2.07. The number of likely N-dealkylation sites (tertiary alicyclic amines) is 1. The lowest BCUT2D eigenvalue weighted by molar-refractivity contribution is 0.0744. The van der Waals surface area contributed by atoms with Crippen molar-refractivity contribution in [3.05, 3.63) is 23.8 Å². The highest BCUT2D eigenvalue weighted by Gasteiger charge is 2.28. The van der Waals surface area contributed by atoms with Gasteiger partial charge in [0.05, 0.1) is 12.7 Å². The molecule has 17 heavy (non-hydrogen) atoms. The first-order valence-corrected chi connectivity index (χ1v) is 5.82. The second-order valence-electron chi connectivity index (χ2n) is 4.35. The number of carbonyl (C=O) groups is 1. The van der Waals surface area contributed by atoms with E-state index in [1.54, 1.807) is 23.1 Å². The maximum Gasteiger partial charge on any atom is 0.257 e. The SMILES string of the molecule is COc1cccc(C(=O)N2CCCC2C)c1O. The molecule has 2 rings (SSSR count). The first-order chi connectivity index (χ1) is 8.15. The zero-order chi connectivity index (χ0) is 12.4. The number of rotatable bonds is 2. The molecule has 1 saturated heterocycles. The van der Waals surface area contributed by atoms with E-state index < -0.39 is 0 Å². The fraction of sp³-hybridized carbons (Fsp3) is 0.462. The zero-order valence-electron chi connectivity index (χ0n) is 10.1. The molecule has 0 radical (unpaired) electrons. The number of methoxy groups -OCH3 is 1. The lowest BCUT2D eigenvalue weighted by Crippen LogP contribution is -2.33. The smallest absolute Gasteiger partial charge is 0.257 e. The summed E-state index contributed by atoms with van der Waals surface area (Å²) in [5, 5.41) is 9.93. The van der Waals surface area contributed by atoms with Gasteiger partial charge in [-0.1, -0.05) is 6.07 Å². The fourth-order valence-electron chi connectivity index (χ4n) is 2.25. The maximum atomic E-state index is 12.3. The molecule has 1 N–H and O–H groups in total. The van der Waals surface area contributed by atoms with Gasteiger partial charge >= 0.3 is 0 Å². The molecule has 0 spiro atoms. The number of nitrogens with zero attached hydrogens (tertiary/aromatic N) is 1. The topological polar surface area (TPSA) is 49.8 Å². The van der Waals surface area contributed by atoms with Crippen molar-refractivity contribution in [3.63, 3.8) is 0 Å². The van der Waals surface area contributed by atoms with Gasteiger partial charge in [-0.15, -0.1) is 0 Å². The molecule has 1 fully saturated rings. The minimum Gasteiger partial charge on any atom is -0.504 e. The molecule has 0 saturated carbocycles. The molecular formula is C13H17NO3. The Hall–Kier alpha value is -1.71. The van der Waals surface area contributed by atoms with Gasteiger partial charge < -0.3 is 14.7 Å². The van der Waals surface area contributed by atoms with Crippen LogP contribution in [0.4, 0.5) is 0 Å². The van der Waals surface area contributed by atoms with Crippen LogP contribution in [0.15, 0.2) is 18.2 Å². The highest BCUT2D eigenvalue weighted by molar-refractivity contribution is 5.98. The van der Waals surface area contributed by atoms with Crippen molar-refractivity contribution in [2.45, 2.75) is 25.8 Å². The number of para-hydroxylation sites is 1. The van der Waals surface area contributed by atoms with Gasteiger partial charge in [0, 0.05) is 12.6 Å². The zero-order valence-corrected chi connectivity index (χ0v) is 10.1. The molecule has 4 nitrogen and oxygen atoms in total. The van der Waals surface area contributed by atoms with Crippen molar-refractivity contribution >= 4 is 5.91 Å². The van der Waals surface area contributed by atoms with Crippen molar-refractivity contribution in [1.29, 1.82) is 0 Å². The van der Waals surface area contributed by atoms with E-state index in [1.165, 1.54) is 7.11 Å². The van der Waals surface area contributed by atoms with Gasteiger partial charge in [0.25, 0.3) is 5.91 Å². The lowest BCUT2D eigenvalue weighted by Gasteiger charge is -2.22. The Labute approximate surface area is 101 Å².